The fourth-order valence-electron chi connectivity index (χ4n) is 1.29. The summed E-state index contributed by atoms with van der Waals surface area (Å²) in [6.45, 7) is 0.111. The average Bonchev–Trinajstić information content (AvgIpc) is 2.27. The summed E-state index contributed by atoms with van der Waals surface area (Å²) in [5, 5.41) is 0. The summed E-state index contributed by atoms with van der Waals surface area (Å²) in [7, 11) is 0. The van der Waals surface area contributed by atoms with Crippen molar-refractivity contribution in [3.05, 3.63) is 59.9 Å². The molecule has 2 aromatic rings. The molecule has 0 saturated carbocycles. The minimum atomic E-state index is -0.607. The van der Waals surface area contributed by atoms with Crippen LogP contribution in [0.1, 0.15) is 5.56 Å². The van der Waals surface area contributed by atoms with E-state index in [0.717, 1.165) is 6.07 Å². The van der Waals surface area contributed by atoms with Gasteiger partial charge in [-0.05, 0) is 29.8 Å². The van der Waals surface area contributed by atoms with Gasteiger partial charge in [0, 0.05) is 12.3 Å². The number of hydrogen-bond donors (Lipinski definition) is 0. The molecule has 0 saturated heterocycles. The normalized spacial score (nSPS) is 10.1. The highest BCUT2D eigenvalue weighted by Crippen LogP contribution is 2.12. The first-order valence-corrected chi connectivity index (χ1v) is 4.72. The fourth-order valence-corrected chi connectivity index (χ4v) is 1.29. The smallest absolute Gasteiger partial charge is 0.138 e. The Bertz CT molecular complexity index is 453. The molecule has 2 nitrogen and oxygen atoms in total. The van der Waals surface area contributed by atoms with E-state index in [1.54, 1.807) is 18.3 Å². The Morgan fingerprint density at radius 3 is 2.50 bits per heavy atom. The van der Waals surface area contributed by atoms with Gasteiger partial charge in [0.15, 0.2) is 0 Å². The SMILES string of the molecule is Fc1cc(F)cc(COc2cccnc2)c1. The molecule has 0 bridgehead atoms. The molecule has 2 rings (SSSR count). The van der Waals surface area contributed by atoms with Gasteiger partial charge in [0.2, 0.25) is 0 Å². The zero-order valence-electron chi connectivity index (χ0n) is 8.36. The molecule has 82 valence electrons. The third-order valence-electron chi connectivity index (χ3n) is 1.96. The molecule has 0 atom stereocenters. The number of ether oxygens (including phenoxy) is 1. The van der Waals surface area contributed by atoms with Crippen molar-refractivity contribution in [1.82, 2.24) is 4.98 Å². The quantitative estimate of drug-likeness (QED) is 0.795. The number of halogens is 2. The molecular formula is C12H9F2NO. The molecule has 0 N–H and O–H groups in total. The van der Waals surface area contributed by atoms with Gasteiger partial charge in [-0.2, -0.15) is 0 Å². The van der Waals surface area contributed by atoms with Crippen molar-refractivity contribution in [2.75, 3.05) is 0 Å². The Hall–Kier alpha value is -1.97. The summed E-state index contributed by atoms with van der Waals surface area (Å²) in [6.07, 6.45) is 3.16. The summed E-state index contributed by atoms with van der Waals surface area (Å²) >= 11 is 0. The van der Waals surface area contributed by atoms with Gasteiger partial charge in [0.05, 0.1) is 6.20 Å². The summed E-state index contributed by atoms with van der Waals surface area (Å²) in [5.74, 6) is -0.651. The van der Waals surface area contributed by atoms with Gasteiger partial charge < -0.3 is 4.74 Å². The van der Waals surface area contributed by atoms with Gasteiger partial charge in [-0.25, -0.2) is 8.78 Å². The maximum absolute atomic E-state index is 12.8. The molecule has 16 heavy (non-hydrogen) atoms. The number of nitrogens with zero attached hydrogens (tertiary/aromatic N) is 1. The molecule has 0 aliphatic heterocycles. The Balaban J connectivity index is 2.05. The molecule has 0 unspecified atom stereocenters. The van der Waals surface area contributed by atoms with Crippen LogP contribution in [0.3, 0.4) is 0 Å². The van der Waals surface area contributed by atoms with Gasteiger partial charge in [0.25, 0.3) is 0 Å². The Kier molecular flexibility index (Phi) is 3.10. The lowest BCUT2D eigenvalue weighted by molar-refractivity contribution is 0.303. The average molecular weight is 221 g/mol. The van der Waals surface area contributed by atoms with Crippen LogP contribution in [-0.4, -0.2) is 4.98 Å². The van der Waals surface area contributed by atoms with Crippen molar-refractivity contribution in [1.29, 1.82) is 0 Å². The van der Waals surface area contributed by atoms with Crippen LogP contribution in [0.4, 0.5) is 8.78 Å². The fraction of sp³-hybridized carbons (Fsp3) is 0.0833. The second-order valence-corrected chi connectivity index (χ2v) is 3.26. The van der Waals surface area contributed by atoms with Crippen LogP contribution in [0.15, 0.2) is 42.7 Å². The molecule has 0 aliphatic carbocycles. The summed E-state index contributed by atoms with van der Waals surface area (Å²) < 4.78 is 31.0. The molecule has 0 fully saturated rings. The van der Waals surface area contributed by atoms with E-state index in [9.17, 15) is 8.78 Å². The number of aromatic nitrogens is 1. The van der Waals surface area contributed by atoms with E-state index in [2.05, 4.69) is 4.98 Å². The highest BCUT2D eigenvalue weighted by Gasteiger charge is 2.01. The predicted molar refractivity (Wildman–Crippen MR) is 54.9 cm³/mol. The Morgan fingerprint density at radius 2 is 1.88 bits per heavy atom. The molecule has 1 aromatic carbocycles. The van der Waals surface area contributed by atoms with Crippen molar-refractivity contribution in [2.45, 2.75) is 6.61 Å². The van der Waals surface area contributed by atoms with Gasteiger partial charge in [-0.3, -0.25) is 4.98 Å². The lowest BCUT2D eigenvalue weighted by atomic mass is 10.2. The van der Waals surface area contributed by atoms with Crippen LogP contribution in [0, 0.1) is 11.6 Å². The second-order valence-electron chi connectivity index (χ2n) is 3.26. The second kappa shape index (κ2) is 4.70. The standard InChI is InChI=1S/C12H9F2NO/c13-10-4-9(5-11(14)6-10)8-16-12-2-1-3-15-7-12/h1-7H,8H2. The maximum atomic E-state index is 12.8. The molecule has 4 heteroatoms. The first-order chi connectivity index (χ1) is 7.74. The van der Waals surface area contributed by atoms with Crippen LogP contribution in [-0.2, 0) is 6.61 Å². The van der Waals surface area contributed by atoms with Crippen molar-refractivity contribution in [3.8, 4) is 5.75 Å². The minimum Gasteiger partial charge on any atom is -0.487 e. The van der Waals surface area contributed by atoms with Crippen LogP contribution < -0.4 is 4.74 Å². The third kappa shape index (κ3) is 2.76. The van der Waals surface area contributed by atoms with Crippen molar-refractivity contribution in [3.63, 3.8) is 0 Å². The largest absolute Gasteiger partial charge is 0.487 e. The zero-order valence-corrected chi connectivity index (χ0v) is 8.36. The molecule has 1 aromatic heterocycles. The van der Waals surface area contributed by atoms with Crippen LogP contribution in [0.5, 0.6) is 5.75 Å². The van der Waals surface area contributed by atoms with Gasteiger partial charge in [0.1, 0.15) is 24.0 Å². The Morgan fingerprint density at radius 1 is 1.12 bits per heavy atom. The van der Waals surface area contributed by atoms with E-state index in [1.165, 1.54) is 18.3 Å². The minimum absolute atomic E-state index is 0.111. The number of benzene rings is 1. The lowest BCUT2D eigenvalue weighted by Gasteiger charge is -2.05. The highest BCUT2D eigenvalue weighted by molar-refractivity contribution is 5.20. The van der Waals surface area contributed by atoms with Crippen LogP contribution in [0.25, 0.3) is 0 Å². The number of rotatable bonds is 3. The van der Waals surface area contributed by atoms with Crippen molar-refractivity contribution < 1.29 is 13.5 Å². The third-order valence-corrected chi connectivity index (χ3v) is 1.96. The van der Waals surface area contributed by atoms with Crippen molar-refractivity contribution >= 4 is 0 Å². The molecule has 0 aliphatic rings. The van der Waals surface area contributed by atoms with E-state index >= 15 is 0 Å². The molecule has 0 spiro atoms. The molecule has 0 amide bonds. The van der Waals surface area contributed by atoms with E-state index in [4.69, 9.17) is 4.74 Å². The topological polar surface area (TPSA) is 22.1 Å². The van der Waals surface area contributed by atoms with E-state index in [0.29, 0.717) is 11.3 Å². The van der Waals surface area contributed by atoms with E-state index < -0.39 is 11.6 Å². The molecule has 0 radical (unpaired) electrons. The lowest BCUT2D eigenvalue weighted by Crippen LogP contribution is -1.97. The van der Waals surface area contributed by atoms with Crippen LogP contribution in [0.2, 0.25) is 0 Å². The van der Waals surface area contributed by atoms with Gasteiger partial charge in [-0.1, -0.05) is 0 Å². The number of hydrogen-bond acceptors (Lipinski definition) is 2. The maximum Gasteiger partial charge on any atom is 0.138 e. The van der Waals surface area contributed by atoms with Gasteiger partial charge >= 0.3 is 0 Å². The van der Waals surface area contributed by atoms with Gasteiger partial charge in [-0.15, -0.1) is 0 Å². The Labute approximate surface area is 91.5 Å². The molecule has 1 heterocycles. The first kappa shape index (κ1) is 10.5. The van der Waals surface area contributed by atoms with E-state index in [-0.39, 0.29) is 6.61 Å². The summed E-state index contributed by atoms with van der Waals surface area (Å²) in [4.78, 5) is 3.86. The first-order valence-electron chi connectivity index (χ1n) is 4.72. The number of pyridine rings is 1. The highest BCUT2D eigenvalue weighted by atomic mass is 19.1. The predicted octanol–water partition coefficient (Wildman–Crippen LogP) is 2.94. The monoisotopic (exact) mass is 221 g/mol. The summed E-state index contributed by atoms with van der Waals surface area (Å²) in [6, 6.07) is 6.75. The van der Waals surface area contributed by atoms with E-state index in [1.807, 2.05) is 0 Å². The summed E-state index contributed by atoms with van der Waals surface area (Å²) in [5.41, 5.74) is 0.446. The molecular weight excluding hydrogens is 212 g/mol. The van der Waals surface area contributed by atoms with Crippen molar-refractivity contribution in [2.24, 2.45) is 0 Å². The zero-order chi connectivity index (χ0) is 11.4. The van der Waals surface area contributed by atoms with Crippen LogP contribution >= 0.6 is 0 Å².